The van der Waals surface area contributed by atoms with Gasteiger partial charge in [0.05, 0.1) is 6.61 Å². The topological polar surface area (TPSA) is 42.4 Å². The number of ether oxygens (including phenoxy) is 1. The van der Waals surface area contributed by atoms with Gasteiger partial charge in [-0.1, -0.05) is 25.4 Å². The fraction of sp³-hybridized carbons (Fsp3) is 0.312. The van der Waals surface area contributed by atoms with Crippen molar-refractivity contribution in [3.05, 3.63) is 52.2 Å². The number of aromatic nitrogens is 1. The first-order chi connectivity index (χ1) is 9.51. The predicted molar refractivity (Wildman–Crippen MR) is 80.5 cm³/mol. The van der Waals surface area contributed by atoms with E-state index in [0.717, 1.165) is 27.5 Å². The van der Waals surface area contributed by atoms with E-state index < -0.39 is 0 Å². The van der Waals surface area contributed by atoms with Crippen LogP contribution in [-0.4, -0.2) is 10.1 Å². The maximum absolute atomic E-state index is 9.14. The normalized spacial score (nSPS) is 10.9. The van der Waals surface area contributed by atoms with Crippen molar-refractivity contribution in [3.63, 3.8) is 0 Å². The average molecular weight is 292 g/mol. The third-order valence-corrected chi connectivity index (χ3v) is 3.44. The highest BCUT2D eigenvalue weighted by Gasteiger charge is 2.11. The lowest BCUT2D eigenvalue weighted by Crippen LogP contribution is -1.96. The second kappa shape index (κ2) is 6.25. The summed E-state index contributed by atoms with van der Waals surface area (Å²) < 4.78 is 5.82. The molecule has 106 valence electrons. The van der Waals surface area contributed by atoms with Crippen molar-refractivity contribution in [2.75, 3.05) is 0 Å². The van der Waals surface area contributed by atoms with Gasteiger partial charge in [0.25, 0.3) is 0 Å². The van der Waals surface area contributed by atoms with Crippen LogP contribution in [0, 0.1) is 6.92 Å². The minimum Gasteiger partial charge on any atom is -0.439 e. The van der Waals surface area contributed by atoms with E-state index in [1.807, 2.05) is 19.1 Å². The van der Waals surface area contributed by atoms with E-state index in [0.29, 0.717) is 11.8 Å². The largest absolute Gasteiger partial charge is 0.439 e. The quantitative estimate of drug-likeness (QED) is 0.905. The lowest BCUT2D eigenvalue weighted by molar-refractivity contribution is 0.281. The molecule has 0 spiro atoms. The van der Waals surface area contributed by atoms with E-state index in [4.69, 9.17) is 21.4 Å². The number of halogens is 1. The minimum absolute atomic E-state index is 0.0320. The van der Waals surface area contributed by atoms with E-state index in [-0.39, 0.29) is 6.61 Å². The maximum Gasteiger partial charge on any atom is 0.219 e. The van der Waals surface area contributed by atoms with Crippen LogP contribution in [0.3, 0.4) is 0 Å². The van der Waals surface area contributed by atoms with Gasteiger partial charge in [-0.3, -0.25) is 0 Å². The maximum atomic E-state index is 9.14. The zero-order valence-electron chi connectivity index (χ0n) is 11.9. The molecular formula is C16H18ClNO2. The third kappa shape index (κ3) is 3.30. The smallest absolute Gasteiger partial charge is 0.219 e. The zero-order chi connectivity index (χ0) is 14.7. The van der Waals surface area contributed by atoms with Gasteiger partial charge in [-0.25, -0.2) is 4.98 Å². The molecule has 2 aromatic rings. The van der Waals surface area contributed by atoms with Crippen LogP contribution in [0.1, 0.15) is 36.5 Å². The van der Waals surface area contributed by atoms with Crippen LogP contribution >= 0.6 is 11.6 Å². The molecule has 0 bridgehead atoms. The molecule has 0 amide bonds. The lowest BCUT2D eigenvalue weighted by atomic mass is 10.0. The minimum atomic E-state index is -0.0320. The first-order valence-electron chi connectivity index (χ1n) is 6.55. The number of rotatable bonds is 4. The van der Waals surface area contributed by atoms with Crippen LogP contribution in [0.4, 0.5) is 0 Å². The number of benzene rings is 1. The van der Waals surface area contributed by atoms with Gasteiger partial charge in [0.1, 0.15) is 5.75 Å². The average Bonchev–Trinajstić information content (AvgIpc) is 2.41. The SMILES string of the molecule is Cc1cc(Cl)c(C(C)C)cc1Oc1cc(CO)ccn1. The van der Waals surface area contributed by atoms with Crippen molar-refractivity contribution in [3.8, 4) is 11.6 Å². The first-order valence-corrected chi connectivity index (χ1v) is 6.92. The molecule has 20 heavy (non-hydrogen) atoms. The van der Waals surface area contributed by atoms with Crippen molar-refractivity contribution in [1.82, 2.24) is 4.98 Å². The molecule has 1 aromatic heterocycles. The highest BCUT2D eigenvalue weighted by atomic mass is 35.5. The fourth-order valence-electron chi connectivity index (χ4n) is 1.94. The summed E-state index contributed by atoms with van der Waals surface area (Å²) in [5.41, 5.74) is 2.77. The molecule has 1 heterocycles. The Morgan fingerprint density at radius 2 is 2.05 bits per heavy atom. The van der Waals surface area contributed by atoms with E-state index in [1.54, 1.807) is 18.3 Å². The van der Waals surface area contributed by atoms with E-state index in [2.05, 4.69) is 18.8 Å². The van der Waals surface area contributed by atoms with Gasteiger partial charge in [0.2, 0.25) is 5.88 Å². The number of hydrogen-bond donors (Lipinski definition) is 1. The number of aliphatic hydroxyl groups is 1. The number of aliphatic hydroxyl groups excluding tert-OH is 1. The lowest BCUT2D eigenvalue weighted by Gasteiger charge is -2.14. The molecule has 1 aromatic carbocycles. The Morgan fingerprint density at radius 3 is 2.70 bits per heavy atom. The second-order valence-corrected chi connectivity index (χ2v) is 5.46. The number of pyridine rings is 1. The molecule has 0 saturated heterocycles. The summed E-state index contributed by atoms with van der Waals surface area (Å²) in [4.78, 5) is 4.15. The summed E-state index contributed by atoms with van der Waals surface area (Å²) in [7, 11) is 0. The Balaban J connectivity index is 2.35. The summed E-state index contributed by atoms with van der Waals surface area (Å²) in [6.07, 6.45) is 1.62. The van der Waals surface area contributed by atoms with Crippen molar-refractivity contribution >= 4 is 11.6 Å². The van der Waals surface area contributed by atoms with Gasteiger partial charge in [0, 0.05) is 17.3 Å². The molecular weight excluding hydrogens is 274 g/mol. The molecule has 1 N–H and O–H groups in total. The van der Waals surface area contributed by atoms with Crippen LogP contribution < -0.4 is 4.74 Å². The standard InChI is InChI=1S/C16H18ClNO2/c1-10(2)13-8-15(11(3)6-14(13)17)20-16-7-12(9-19)4-5-18-16/h4-8,10,19H,9H2,1-3H3. The first kappa shape index (κ1) is 14.8. The second-order valence-electron chi connectivity index (χ2n) is 5.06. The number of hydrogen-bond acceptors (Lipinski definition) is 3. The van der Waals surface area contributed by atoms with Gasteiger partial charge >= 0.3 is 0 Å². The monoisotopic (exact) mass is 291 g/mol. The summed E-state index contributed by atoms with van der Waals surface area (Å²) in [5, 5.41) is 9.89. The Morgan fingerprint density at radius 1 is 1.30 bits per heavy atom. The van der Waals surface area contributed by atoms with E-state index >= 15 is 0 Å². The van der Waals surface area contributed by atoms with Crippen LogP contribution in [0.25, 0.3) is 0 Å². The summed E-state index contributed by atoms with van der Waals surface area (Å²) in [5.74, 6) is 1.53. The summed E-state index contributed by atoms with van der Waals surface area (Å²) in [6.45, 7) is 6.09. The van der Waals surface area contributed by atoms with Gasteiger partial charge in [0.15, 0.2) is 0 Å². The van der Waals surface area contributed by atoms with E-state index in [9.17, 15) is 0 Å². The van der Waals surface area contributed by atoms with Crippen LogP contribution in [0.15, 0.2) is 30.5 Å². The highest BCUT2D eigenvalue weighted by molar-refractivity contribution is 6.31. The Hall–Kier alpha value is -1.58. The molecule has 0 atom stereocenters. The van der Waals surface area contributed by atoms with Gasteiger partial charge in [-0.05, 0) is 47.7 Å². The van der Waals surface area contributed by atoms with Crippen molar-refractivity contribution in [2.45, 2.75) is 33.3 Å². The molecule has 0 aliphatic carbocycles. The summed E-state index contributed by atoms with van der Waals surface area (Å²) in [6, 6.07) is 7.34. The molecule has 3 nitrogen and oxygen atoms in total. The summed E-state index contributed by atoms with van der Waals surface area (Å²) >= 11 is 6.24. The van der Waals surface area contributed by atoms with Crippen LogP contribution in [0.5, 0.6) is 11.6 Å². The van der Waals surface area contributed by atoms with Crippen LogP contribution in [-0.2, 0) is 6.61 Å². The number of nitrogens with zero attached hydrogens (tertiary/aromatic N) is 1. The molecule has 0 unspecified atom stereocenters. The van der Waals surface area contributed by atoms with Crippen molar-refractivity contribution < 1.29 is 9.84 Å². The highest BCUT2D eigenvalue weighted by Crippen LogP contribution is 2.33. The molecule has 0 fully saturated rings. The molecule has 0 radical (unpaired) electrons. The van der Waals surface area contributed by atoms with Gasteiger partial charge in [-0.2, -0.15) is 0 Å². The zero-order valence-corrected chi connectivity index (χ0v) is 12.6. The van der Waals surface area contributed by atoms with Gasteiger partial charge < -0.3 is 9.84 Å². The molecule has 0 aliphatic heterocycles. The Bertz CT molecular complexity index is 611. The fourth-order valence-corrected chi connectivity index (χ4v) is 2.37. The van der Waals surface area contributed by atoms with Crippen molar-refractivity contribution in [2.24, 2.45) is 0 Å². The third-order valence-electron chi connectivity index (χ3n) is 3.11. The number of aryl methyl sites for hydroxylation is 1. The van der Waals surface area contributed by atoms with Crippen LogP contribution in [0.2, 0.25) is 5.02 Å². The molecule has 0 saturated carbocycles. The predicted octanol–water partition coefficient (Wildman–Crippen LogP) is 4.45. The Labute approximate surface area is 124 Å². The Kier molecular flexibility index (Phi) is 4.63. The molecule has 4 heteroatoms. The molecule has 0 aliphatic rings. The van der Waals surface area contributed by atoms with Crippen molar-refractivity contribution in [1.29, 1.82) is 0 Å². The molecule has 2 rings (SSSR count). The van der Waals surface area contributed by atoms with E-state index in [1.165, 1.54) is 0 Å². The van der Waals surface area contributed by atoms with Gasteiger partial charge in [-0.15, -0.1) is 0 Å².